The predicted molar refractivity (Wildman–Crippen MR) is 78.8 cm³/mol. The van der Waals surface area contributed by atoms with E-state index in [1.807, 2.05) is 0 Å². The lowest BCUT2D eigenvalue weighted by Crippen LogP contribution is -2.39. The van der Waals surface area contributed by atoms with Gasteiger partial charge in [0.2, 0.25) is 0 Å². The molecular weight excluding hydrogens is 274 g/mol. The zero-order valence-electron chi connectivity index (χ0n) is 11.4. The molecule has 0 amide bonds. The van der Waals surface area contributed by atoms with Crippen LogP contribution in [0.3, 0.4) is 0 Å². The number of hydrogen-bond acceptors (Lipinski definition) is 1. The Morgan fingerprint density at radius 3 is 2.65 bits per heavy atom. The minimum Gasteiger partial charge on any atom is -0.302 e. The molecule has 100 valence electrons. The molecule has 0 aromatic rings. The van der Waals surface area contributed by atoms with Gasteiger partial charge in [-0.3, -0.25) is 0 Å². The van der Waals surface area contributed by atoms with E-state index in [0.29, 0.717) is 5.41 Å². The summed E-state index contributed by atoms with van der Waals surface area (Å²) in [6.07, 6.45) is 11.5. The van der Waals surface area contributed by atoms with Gasteiger partial charge in [-0.1, -0.05) is 48.5 Å². The van der Waals surface area contributed by atoms with Crippen molar-refractivity contribution in [1.82, 2.24) is 4.90 Å². The standard InChI is InChI=1S/C15H28BrN/c1-2-6-14-7-10-17(11-14)13-15(12-16)8-4-3-5-9-15/h14H,2-13H2,1H3. The van der Waals surface area contributed by atoms with Crippen LogP contribution >= 0.6 is 15.9 Å². The summed E-state index contributed by atoms with van der Waals surface area (Å²) >= 11 is 3.79. The number of nitrogens with zero attached hydrogens (tertiary/aromatic N) is 1. The van der Waals surface area contributed by atoms with Crippen LogP contribution in [0.15, 0.2) is 0 Å². The van der Waals surface area contributed by atoms with Crippen molar-refractivity contribution in [2.75, 3.05) is 25.0 Å². The zero-order valence-corrected chi connectivity index (χ0v) is 13.0. The SMILES string of the molecule is CCCC1CCN(CC2(CBr)CCCCC2)C1. The van der Waals surface area contributed by atoms with Crippen molar-refractivity contribution in [3.8, 4) is 0 Å². The largest absolute Gasteiger partial charge is 0.302 e. The first-order valence-electron chi connectivity index (χ1n) is 7.56. The van der Waals surface area contributed by atoms with Gasteiger partial charge in [0.05, 0.1) is 0 Å². The van der Waals surface area contributed by atoms with Gasteiger partial charge in [0.15, 0.2) is 0 Å². The zero-order chi connectivity index (χ0) is 12.1. The molecule has 0 aromatic heterocycles. The molecule has 1 saturated heterocycles. The highest BCUT2D eigenvalue weighted by Gasteiger charge is 2.34. The Labute approximate surface area is 115 Å². The smallest absolute Gasteiger partial charge is 0.0100 e. The van der Waals surface area contributed by atoms with Crippen LogP contribution in [0.25, 0.3) is 0 Å². The average molecular weight is 302 g/mol. The summed E-state index contributed by atoms with van der Waals surface area (Å²) in [4.78, 5) is 2.76. The highest BCUT2D eigenvalue weighted by Crippen LogP contribution is 2.39. The predicted octanol–water partition coefficient (Wildman–Crippen LogP) is 4.45. The summed E-state index contributed by atoms with van der Waals surface area (Å²) in [5.41, 5.74) is 0.610. The van der Waals surface area contributed by atoms with Gasteiger partial charge in [0.1, 0.15) is 0 Å². The lowest BCUT2D eigenvalue weighted by atomic mass is 9.75. The maximum absolute atomic E-state index is 3.79. The third-order valence-corrected chi connectivity index (χ3v) is 6.01. The van der Waals surface area contributed by atoms with Crippen LogP contribution in [-0.4, -0.2) is 29.9 Å². The summed E-state index contributed by atoms with van der Waals surface area (Å²) in [5, 5.41) is 1.22. The van der Waals surface area contributed by atoms with Crippen molar-refractivity contribution in [2.45, 2.75) is 58.3 Å². The first-order valence-corrected chi connectivity index (χ1v) is 8.68. The molecule has 2 rings (SSSR count). The van der Waals surface area contributed by atoms with Crippen molar-refractivity contribution < 1.29 is 0 Å². The molecule has 0 spiro atoms. The van der Waals surface area contributed by atoms with Crippen molar-refractivity contribution in [3.05, 3.63) is 0 Å². The van der Waals surface area contributed by atoms with Crippen LogP contribution in [0.4, 0.5) is 0 Å². The molecule has 2 aliphatic rings. The molecule has 1 heterocycles. The third-order valence-electron chi connectivity index (χ3n) is 4.82. The van der Waals surface area contributed by atoms with Crippen molar-refractivity contribution in [1.29, 1.82) is 0 Å². The van der Waals surface area contributed by atoms with Crippen molar-refractivity contribution >= 4 is 15.9 Å². The maximum Gasteiger partial charge on any atom is 0.0100 e. The molecule has 1 saturated carbocycles. The monoisotopic (exact) mass is 301 g/mol. The molecule has 1 atom stereocenters. The van der Waals surface area contributed by atoms with E-state index in [1.165, 1.54) is 76.3 Å². The number of hydrogen-bond donors (Lipinski definition) is 0. The van der Waals surface area contributed by atoms with Gasteiger partial charge in [-0.05, 0) is 43.6 Å². The van der Waals surface area contributed by atoms with Crippen LogP contribution in [-0.2, 0) is 0 Å². The molecule has 0 aromatic carbocycles. The Morgan fingerprint density at radius 1 is 1.24 bits per heavy atom. The minimum absolute atomic E-state index is 0.610. The second-order valence-corrected chi connectivity index (χ2v) is 6.93. The highest BCUT2D eigenvalue weighted by atomic mass is 79.9. The Hall–Kier alpha value is 0.440. The van der Waals surface area contributed by atoms with E-state index in [-0.39, 0.29) is 0 Å². The molecule has 1 unspecified atom stereocenters. The van der Waals surface area contributed by atoms with Gasteiger partial charge in [0.25, 0.3) is 0 Å². The fraction of sp³-hybridized carbons (Fsp3) is 1.00. The van der Waals surface area contributed by atoms with Crippen molar-refractivity contribution in [2.24, 2.45) is 11.3 Å². The van der Waals surface area contributed by atoms with Gasteiger partial charge >= 0.3 is 0 Å². The van der Waals surface area contributed by atoms with E-state index in [1.54, 1.807) is 0 Å². The van der Waals surface area contributed by atoms with Gasteiger partial charge in [-0.25, -0.2) is 0 Å². The van der Waals surface area contributed by atoms with Gasteiger partial charge in [-0.15, -0.1) is 0 Å². The average Bonchev–Trinajstić information content (AvgIpc) is 2.78. The lowest BCUT2D eigenvalue weighted by Gasteiger charge is -2.39. The third kappa shape index (κ3) is 3.70. The van der Waals surface area contributed by atoms with E-state index in [2.05, 4.69) is 27.8 Å². The van der Waals surface area contributed by atoms with Gasteiger partial charge in [-0.2, -0.15) is 0 Å². The number of halogens is 1. The topological polar surface area (TPSA) is 3.24 Å². The van der Waals surface area contributed by atoms with Crippen LogP contribution in [0.5, 0.6) is 0 Å². The second-order valence-electron chi connectivity index (χ2n) is 6.37. The molecule has 2 heteroatoms. The van der Waals surface area contributed by atoms with Gasteiger partial charge < -0.3 is 4.90 Å². The molecule has 0 radical (unpaired) electrons. The minimum atomic E-state index is 0.610. The van der Waals surface area contributed by atoms with E-state index in [4.69, 9.17) is 0 Å². The van der Waals surface area contributed by atoms with Crippen LogP contribution < -0.4 is 0 Å². The number of likely N-dealkylation sites (tertiary alicyclic amines) is 1. The Morgan fingerprint density at radius 2 is 2.00 bits per heavy atom. The quantitative estimate of drug-likeness (QED) is 0.678. The van der Waals surface area contributed by atoms with E-state index in [9.17, 15) is 0 Å². The maximum atomic E-state index is 3.79. The Bertz CT molecular complexity index is 223. The van der Waals surface area contributed by atoms with E-state index in [0.717, 1.165) is 5.92 Å². The van der Waals surface area contributed by atoms with Crippen molar-refractivity contribution in [3.63, 3.8) is 0 Å². The summed E-state index contributed by atoms with van der Waals surface area (Å²) in [5.74, 6) is 0.996. The Kier molecular flexibility index (Phi) is 5.35. The molecule has 0 N–H and O–H groups in total. The first kappa shape index (κ1) is 13.9. The normalized spacial score (nSPS) is 29.6. The fourth-order valence-corrected chi connectivity index (χ4v) is 4.55. The van der Waals surface area contributed by atoms with Crippen LogP contribution in [0.1, 0.15) is 58.3 Å². The second kappa shape index (κ2) is 6.56. The Balaban J connectivity index is 1.83. The molecule has 1 nitrogen and oxygen atoms in total. The van der Waals surface area contributed by atoms with E-state index >= 15 is 0 Å². The lowest BCUT2D eigenvalue weighted by molar-refractivity contribution is 0.141. The fourth-order valence-electron chi connectivity index (χ4n) is 3.81. The first-order chi connectivity index (χ1) is 8.28. The summed E-state index contributed by atoms with van der Waals surface area (Å²) in [6.45, 7) is 6.42. The summed E-state index contributed by atoms with van der Waals surface area (Å²) in [6, 6.07) is 0. The molecule has 0 bridgehead atoms. The highest BCUT2D eigenvalue weighted by molar-refractivity contribution is 9.09. The van der Waals surface area contributed by atoms with Crippen LogP contribution in [0.2, 0.25) is 0 Å². The van der Waals surface area contributed by atoms with Gasteiger partial charge in [0, 0.05) is 18.4 Å². The molecule has 2 fully saturated rings. The number of rotatable bonds is 5. The van der Waals surface area contributed by atoms with Crippen LogP contribution in [0, 0.1) is 11.3 Å². The summed E-state index contributed by atoms with van der Waals surface area (Å²) < 4.78 is 0. The molecular formula is C15H28BrN. The summed E-state index contributed by atoms with van der Waals surface area (Å²) in [7, 11) is 0. The van der Waals surface area contributed by atoms with E-state index < -0.39 is 0 Å². The molecule has 1 aliphatic heterocycles. The molecule has 1 aliphatic carbocycles. The number of alkyl halides is 1. The molecule has 17 heavy (non-hydrogen) atoms.